The second-order valence-corrected chi connectivity index (χ2v) is 5.69. The van der Waals surface area contributed by atoms with Crippen molar-refractivity contribution in [3.63, 3.8) is 0 Å². The number of aliphatic hydroxyl groups excluding tert-OH is 1. The molecule has 0 aromatic carbocycles. The lowest BCUT2D eigenvalue weighted by molar-refractivity contribution is -0.141. The first kappa shape index (κ1) is 15.1. The Morgan fingerprint density at radius 1 is 1.39 bits per heavy atom. The molecule has 0 saturated carbocycles. The van der Waals surface area contributed by atoms with Gasteiger partial charge in [0.15, 0.2) is 6.04 Å². The Labute approximate surface area is 111 Å². The number of urea groups is 1. The topological polar surface area (TPSA) is 98.7 Å². The molecule has 1 heterocycles. The van der Waals surface area contributed by atoms with Gasteiger partial charge >= 0.3 is 12.0 Å². The molecule has 0 aromatic rings. The Morgan fingerprint density at radius 2 is 2.00 bits per heavy atom. The molecule has 0 aromatic heterocycles. The van der Waals surface area contributed by atoms with Crippen molar-refractivity contribution < 1.29 is 19.8 Å². The summed E-state index contributed by atoms with van der Waals surface area (Å²) in [4.78, 5) is 22.3. The number of carbonyl (C=O) groups is 2. The molecule has 1 aliphatic heterocycles. The molecule has 0 aliphatic carbocycles. The van der Waals surface area contributed by atoms with Crippen LogP contribution in [0.2, 0.25) is 0 Å². The largest absolute Gasteiger partial charge is 0.480 e. The molecule has 0 bridgehead atoms. The van der Waals surface area contributed by atoms with Gasteiger partial charge in [-0.2, -0.15) is 11.8 Å². The van der Waals surface area contributed by atoms with Gasteiger partial charge in [-0.15, -0.1) is 0 Å². The smallest absolute Gasteiger partial charge is 0.328 e. The van der Waals surface area contributed by atoms with E-state index in [1.165, 1.54) is 6.92 Å². The van der Waals surface area contributed by atoms with E-state index >= 15 is 0 Å². The summed E-state index contributed by atoms with van der Waals surface area (Å²) in [5.74, 6) is 1.44. The average molecular weight is 276 g/mol. The maximum atomic E-state index is 11.5. The number of carboxylic acid groups (broad SMARTS) is 1. The van der Waals surface area contributed by atoms with Crippen LogP contribution in [0.3, 0.4) is 0 Å². The van der Waals surface area contributed by atoms with Crippen molar-refractivity contribution in [3.05, 3.63) is 0 Å². The number of amides is 2. The number of carboxylic acids is 1. The number of thioether (sulfide) groups is 1. The van der Waals surface area contributed by atoms with E-state index in [9.17, 15) is 14.7 Å². The first-order valence-corrected chi connectivity index (χ1v) is 7.19. The molecule has 1 saturated heterocycles. The Morgan fingerprint density at radius 3 is 2.50 bits per heavy atom. The number of carbonyl (C=O) groups excluding carboxylic acids is 1. The van der Waals surface area contributed by atoms with Crippen molar-refractivity contribution in [1.29, 1.82) is 0 Å². The highest BCUT2D eigenvalue weighted by atomic mass is 32.2. The summed E-state index contributed by atoms with van der Waals surface area (Å²) < 4.78 is 0. The van der Waals surface area contributed by atoms with Gasteiger partial charge in [0.1, 0.15) is 0 Å². The van der Waals surface area contributed by atoms with Crippen molar-refractivity contribution in [1.82, 2.24) is 10.6 Å². The second-order valence-electron chi connectivity index (χ2n) is 4.47. The van der Waals surface area contributed by atoms with Crippen LogP contribution in [-0.2, 0) is 4.79 Å². The zero-order valence-corrected chi connectivity index (χ0v) is 11.2. The minimum atomic E-state index is -1.27. The number of nitrogens with one attached hydrogen (secondary N) is 2. The molecule has 0 spiro atoms. The Kier molecular flexibility index (Phi) is 6.28. The van der Waals surface area contributed by atoms with E-state index in [2.05, 4.69) is 10.6 Å². The van der Waals surface area contributed by atoms with E-state index in [1.807, 2.05) is 11.8 Å². The molecule has 4 N–H and O–H groups in total. The van der Waals surface area contributed by atoms with Gasteiger partial charge in [0.2, 0.25) is 0 Å². The van der Waals surface area contributed by atoms with Crippen LogP contribution >= 0.6 is 11.8 Å². The molecule has 2 amide bonds. The number of aliphatic carboxylic acids is 1. The van der Waals surface area contributed by atoms with Gasteiger partial charge in [-0.25, -0.2) is 9.59 Å². The molecule has 2 unspecified atom stereocenters. The summed E-state index contributed by atoms with van der Waals surface area (Å²) in [7, 11) is 0. The predicted octanol–water partition coefficient (Wildman–Crippen LogP) is 0.263. The van der Waals surface area contributed by atoms with Crippen LogP contribution in [0.15, 0.2) is 0 Å². The lowest BCUT2D eigenvalue weighted by Crippen LogP contribution is -2.51. The average Bonchev–Trinajstić information content (AvgIpc) is 2.34. The SMILES string of the molecule is CC(O)C(NC(=O)NCC1CCSCC1)C(=O)O. The number of rotatable bonds is 5. The first-order valence-electron chi connectivity index (χ1n) is 6.03. The van der Waals surface area contributed by atoms with Crippen LogP contribution in [0.25, 0.3) is 0 Å². The van der Waals surface area contributed by atoms with Gasteiger partial charge in [-0.05, 0) is 37.2 Å². The van der Waals surface area contributed by atoms with Gasteiger partial charge in [-0.1, -0.05) is 0 Å². The maximum absolute atomic E-state index is 11.5. The molecule has 1 fully saturated rings. The van der Waals surface area contributed by atoms with Crippen LogP contribution in [0, 0.1) is 5.92 Å². The number of hydrogen-bond acceptors (Lipinski definition) is 4. The third-order valence-corrected chi connectivity index (χ3v) is 3.98. The maximum Gasteiger partial charge on any atom is 0.328 e. The fourth-order valence-corrected chi connectivity index (χ4v) is 2.97. The van der Waals surface area contributed by atoms with Gasteiger partial charge in [0, 0.05) is 6.54 Å². The molecule has 7 heteroatoms. The zero-order valence-electron chi connectivity index (χ0n) is 10.4. The Balaban J connectivity index is 2.29. The van der Waals surface area contributed by atoms with Crippen LogP contribution in [0.5, 0.6) is 0 Å². The van der Waals surface area contributed by atoms with E-state index < -0.39 is 24.1 Å². The fourth-order valence-electron chi connectivity index (χ4n) is 1.77. The highest BCUT2D eigenvalue weighted by molar-refractivity contribution is 7.99. The third kappa shape index (κ3) is 5.14. The van der Waals surface area contributed by atoms with Crippen molar-refractivity contribution in [2.45, 2.75) is 31.9 Å². The van der Waals surface area contributed by atoms with Crippen molar-refractivity contribution in [3.8, 4) is 0 Å². The van der Waals surface area contributed by atoms with E-state index in [4.69, 9.17) is 5.11 Å². The summed E-state index contributed by atoms with van der Waals surface area (Å²) in [5, 5.41) is 22.9. The third-order valence-electron chi connectivity index (χ3n) is 2.93. The minimum Gasteiger partial charge on any atom is -0.480 e. The fraction of sp³-hybridized carbons (Fsp3) is 0.818. The lowest BCUT2D eigenvalue weighted by atomic mass is 10.0. The van der Waals surface area contributed by atoms with Gasteiger partial charge in [-0.3, -0.25) is 0 Å². The van der Waals surface area contributed by atoms with E-state index in [0.717, 1.165) is 24.3 Å². The molecule has 1 aliphatic rings. The summed E-state index contributed by atoms with van der Waals surface area (Å²) in [6.45, 7) is 1.88. The highest BCUT2D eigenvalue weighted by Gasteiger charge is 2.25. The van der Waals surface area contributed by atoms with Crippen LogP contribution in [0.1, 0.15) is 19.8 Å². The Bertz CT molecular complexity index is 293. The first-order chi connectivity index (χ1) is 8.50. The normalized spacial score (nSPS) is 19.9. The van der Waals surface area contributed by atoms with Gasteiger partial charge in [0.05, 0.1) is 6.10 Å². The molecular weight excluding hydrogens is 256 g/mol. The Hall–Kier alpha value is -0.950. The molecule has 6 nitrogen and oxygen atoms in total. The van der Waals surface area contributed by atoms with Crippen molar-refractivity contribution in [2.24, 2.45) is 5.92 Å². The zero-order chi connectivity index (χ0) is 13.5. The van der Waals surface area contributed by atoms with E-state index in [1.54, 1.807) is 0 Å². The number of aliphatic hydroxyl groups is 1. The second kappa shape index (κ2) is 7.48. The summed E-state index contributed by atoms with van der Waals surface area (Å²) in [6.07, 6.45) is 1.02. The lowest BCUT2D eigenvalue weighted by Gasteiger charge is -2.22. The quantitative estimate of drug-likeness (QED) is 0.577. The summed E-state index contributed by atoms with van der Waals surface area (Å²) in [5.41, 5.74) is 0. The highest BCUT2D eigenvalue weighted by Crippen LogP contribution is 2.21. The van der Waals surface area contributed by atoms with Crippen LogP contribution in [-0.4, -0.2) is 52.4 Å². The number of hydrogen-bond donors (Lipinski definition) is 4. The summed E-state index contributed by atoms with van der Waals surface area (Å²) >= 11 is 1.91. The van der Waals surface area contributed by atoms with Gasteiger partial charge < -0.3 is 20.8 Å². The summed E-state index contributed by atoms with van der Waals surface area (Å²) in [6, 6.07) is -1.81. The predicted molar refractivity (Wildman–Crippen MR) is 69.7 cm³/mol. The monoisotopic (exact) mass is 276 g/mol. The minimum absolute atomic E-state index is 0.465. The van der Waals surface area contributed by atoms with E-state index in [-0.39, 0.29) is 0 Å². The molecule has 2 atom stereocenters. The van der Waals surface area contributed by atoms with Crippen molar-refractivity contribution in [2.75, 3.05) is 18.1 Å². The molecular formula is C11H20N2O4S. The van der Waals surface area contributed by atoms with Crippen LogP contribution in [0.4, 0.5) is 4.79 Å². The van der Waals surface area contributed by atoms with Crippen molar-refractivity contribution >= 4 is 23.8 Å². The van der Waals surface area contributed by atoms with Gasteiger partial charge in [0.25, 0.3) is 0 Å². The molecule has 104 valence electrons. The van der Waals surface area contributed by atoms with Crippen LogP contribution < -0.4 is 10.6 Å². The molecule has 1 rings (SSSR count). The molecule has 18 heavy (non-hydrogen) atoms. The standard InChI is InChI=1S/C11H20N2O4S/c1-7(14)9(10(15)16)13-11(17)12-6-8-2-4-18-5-3-8/h7-9,14H,2-6H2,1H3,(H,15,16)(H2,12,13,17). The van der Waals surface area contributed by atoms with E-state index in [0.29, 0.717) is 12.5 Å². The molecule has 0 radical (unpaired) electrons.